The molecule has 1 aromatic heterocycles. The highest BCUT2D eigenvalue weighted by Crippen LogP contribution is 2.17. The van der Waals surface area contributed by atoms with Crippen molar-refractivity contribution in [1.82, 2.24) is 9.78 Å². The molecular formula is C16H13N3O4S. The van der Waals surface area contributed by atoms with Gasteiger partial charge < -0.3 is 5.11 Å². The first-order chi connectivity index (χ1) is 11.5. The fraction of sp³-hybridized carbons (Fsp3) is 0. The third kappa shape index (κ3) is 3.28. The Bertz CT molecular complexity index is 964. The van der Waals surface area contributed by atoms with Gasteiger partial charge in [0.1, 0.15) is 4.90 Å². The molecule has 0 aliphatic heterocycles. The number of rotatable bonds is 5. The largest absolute Gasteiger partial charge is 0.478 e. The highest BCUT2D eigenvalue weighted by molar-refractivity contribution is 7.92. The molecule has 3 rings (SSSR count). The Labute approximate surface area is 138 Å². The smallest absolute Gasteiger partial charge is 0.335 e. The average molecular weight is 343 g/mol. The van der Waals surface area contributed by atoms with Crippen LogP contribution in [0.4, 0.5) is 5.69 Å². The lowest BCUT2D eigenvalue weighted by Gasteiger charge is -2.06. The van der Waals surface area contributed by atoms with E-state index >= 15 is 0 Å². The number of nitrogens with zero attached hydrogens (tertiary/aromatic N) is 2. The topological polar surface area (TPSA) is 101 Å². The van der Waals surface area contributed by atoms with Crippen molar-refractivity contribution in [2.45, 2.75) is 4.90 Å². The first kappa shape index (κ1) is 15.8. The van der Waals surface area contributed by atoms with Gasteiger partial charge in [0.25, 0.3) is 10.0 Å². The normalized spacial score (nSPS) is 11.2. The van der Waals surface area contributed by atoms with E-state index in [1.807, 2.05) is 18.2 Å². The van der Waals surface area contributed by atoms with Crippen LogP contribution in [0, 0.1) is 0 Å². The zero-order valence-electron chi connectivity index (χ0n) is 12.3. The van der Waals surface area contributed by atoms with E-state index in [2.05, 4.69) is 9.82 Å². The molecule has 122 valence electrons. The maximum Gasteiger partial charge on any atom is 0.335 e. The Morgan fingerprint density at radius 1 is 1.04 bits per heavy atom. The van der Waals surface area contributed by atoms with Gasteiger partial charge in [0, 0.05) is 5.69 Å². The molecular weight excluding hydrogens is 330 g/mol. The molecule has 0 aliphatic rings. The minimum atomic E-state index is -3.81. The number of carboxylic acid groups (broad SMARTS) is 1. The Hall–Kier alpha value is -3.13. The van der Waals surface area contributed by atoms with E-state index in [0.29, 0.717) is 0 Å². The van der Waals surface area contributed by atoms with Gasteiger partial charge in [-0.25, -0.2) is 17.9 Å². The molecule has 3 aromatic rings. The molecule has 0 saturated heterocycles. The highest BCUT2D eigenvalue weighted by Gasteiger charge is 2.17. The van der Waals surface area contributed by atoms with Crippen molar-refractivity contribution in [3.8, 4) is 5.69 Å². The summed E-state index contributed by atoms with van der Waals surface area (Å²) in [4.78, 5) is 10.8. The van der Waals surface area contributed by atoms with Gasteiger partial charge in [-0.2, -0.15) is 5.10 Å². The van der Waals surface area contributed by atoms with Crippen molar-refractivity contribution >= 4 is 21.7 Å². The van der Waals surface area contributed by atoms with Gasteiger partial charge in [0.05, 0.1) is 23.6 Å². The van der Waals surface area contributed by atoms with E-state index in [9.17, 15) is 13.2 Å². The average Bonchev–Trinajstić information content (AvgIpc) is 3.07. The molecule has 0 fully saturated rings. The van der Waals surface area contributed by atoms with Crippen LogP contribution in [0.3, 0.4) is 0 Å². The van der Waals surface area contributed by atoms with Crippen LogP contribution in [0.15, 0.2) is 71.9 Å². The Morgan fingerprint density at radius 2 is 1.71 bits per heavy atom. The molecule has 2 N–H and O–H groups in total. The number of nitrogens with one attached hydrogen (secondary N) is 1. The summed E-state index contributed by atoms with van der Waals surface area (Å²) in [7, 11) is -3.81. The van der Waals surface area contributed by atoms with Crippen LogP contribution in [-0.2, 0) is 10.0 Å². The van der Waals surface area contributed by atoms with E-state index in [1.54, 1.807) is 12.1 Å². The Balaban J connectivity index is 1.83. The first-order valence-corrected chi connectivity index (χ1v) is 8.40. The molecule has 24 heavy (non-hydrogen) atoms. The number of hydrogen-bond acceptors (Lipinski definition) is 4. The third-order valence-corrected chi connectivity index (χ3v) is 4.61. The van der Waals surface area contributed by atoms with Crippen molar-refractivity contribution in [1.29, 1.82) is 0 Å². The van der Waals surface area contributed by atoms with Gasteiger partial charge in [-0.05, 0) is 36.4 Å². The van der Waals surface area contributed by atoms with Crippen molar-refractivity contribution in [3.05, 3.63) is 72.6 Å². The van der Waals surface area contributed by atoms with Crippen LogP contribution < -0.4 is 4.72 Å². The minimum Gasteiger partial charge on any atom is -0.478 e. The quantitative estimate of drug-likeness (QED) is 0.740. The van der Waals surface area contributed by atoms with Crippen LogP contribution in [0.5, 0.6) is 0 Å². The van der Waals surface area contributed by atoms with Crippen LogP contribution in [0.1, 0.15) is 10.4 Å². The minimum absolute atomic E-state index is 0.00802. The first-order valence-electron chi connectivity index (χ1n) is 6.92. The predicted molar refractivity (Wildman–Crippen MR) is 87.8 cm³/mol. The summed E-state index contributed by atoms with van der Waals surface area (Å²) < 4.78 is 28.6. The standard InChI is InChI=1S/C16H13N3O4S/c20-16(21)12-6-8-13(9-7-12)18-24(22,23)15-10-17-19(11-15)14-4-2-1-3-5-14/h1-11,18H,(H,20,21). The molecule has 0 unspecified atom stereocenters. The number of aromatic carboxylic acids is 1. The monoisotopic (exact) mass is 343 g/mol. The fourth-order valence-electron chi connectivity index (χ4n) is 2.06. The fourth-order valence-corrected chi connectivity index (χ4v) is 3.05. The summed E-state index contributed by atoms with van der Waals surface area (Å²) in [5, 5.41) is 12.9. The van der Waals surface area contributed by atoms with Gasteiger partial charge in [-0.1, -0.05) is 18.2 Å². The SMILES string of the molecule is O=C(O)c1ccc(NS(=O)(=O)c2cnn(-c3ccccc3)c2)cc1. The van der Waals surface area contributed by atoms with E-state index in [-0.39, 0.29) is 16.1 Å². The number of hydrogen-bond donors (Lipinski definition) is 2. The number of para-hydroxylation sites is 1. The van der Waals surface area contributed by atoms with Gasteiger partial charge in [0.2, 0.25) is 0 Å². The molecule has 0 saturated carbocycles. The lowest BCUT2D eigenvalue weighted by molar-refractivity contribution is 0.0697. The van der Waals surface area contributed by atoms with Crippen LogP contribution in [0.25, 0.3) is 5.69 Å². The molecule has 2 aromatic carbocycles. The van der Waals surface area contributed by atoms with E-state index < -0.39 is 16.0 Å². The molecule has 0 aliphatic carbocycles. The van der Waals surface area contributed by atoms with E-state index in [1.165, 1.54) is 41.3 Å². The third-order valence-electron chi connectivity index (χ3n) is 3.27. The predicted octanol–water partition coefficient (Wildman–Crippen LogP) is 2.37. The highest BCUT2D eigenvalue weighted by atomic mass is 32.2. The number of carbonyl (C=O) groups is 1. The second-order valence-electron chi connectivity index (χ2n) is 4.94. The zero-order valence-corrected chi connectivity index (χ0v) is 13.1. The van der Waals surface area contributed by atoms with E-state index in [4.69, 9.17) is 5.11 Å². The lowest BCUT2D eigenvalue weighted by atomic mass is 10.2. The molecule has 7 nitrogen and oxygen atoms in total. The molecule has 0 bridgehead atoms. The van der Waals surface area contributed by atoms with Gasteiger partial charge >= 0.3 is 5.97 Å². The molecule has 0 amide bonds. The second kappa shape index (κ2) is 6.17. The van der Waals surface area contributed by atoms with Gasteiger partial charge in [-0.3, -0.25) is 4.72 Å². The number of carboxylic acids is 1. The summed E-state index contributed by atoms with van der Waals surface area (Å²) in [6.07, 6.45) is 2.66. The van der Waals surface area contributed by atoms with Crippen LogP contribution >= 0.6 is 0 Å². The molecule has 0 spiro atoms. The molecule has 0 radical (unpaired) electrons. The maximum absolute atomic E-state index is 12.4. The summed E-state index contributed by atoms with van der Waals surface area (Å²) in [6.45, 7) is 0. The van der Waals surface area contributed by atoms with Gasteiger partial charge in [-0.15, -0.1) is 0 Å². The van der Waals surface area contributed by atoms with Crippen molar-refractivity contribution in [2.24, 2.45) is 0 Å². The van der Waals surface area contributed by atoms with Crippen LogP contribution in [0.2, 0.25) is 0 Å². The molecule has 8 heteroatoms. The van der Waals surface area contributed by atoms with Crippen molar-refractivity contribution in [2.75, 3.05) is 4.72 Å². The second-order valence-corrected chi connectivity index (χ2v) is 6.63. The van der Waals surface area contributed by atoms with Crippen molar-refractivity contribution in [3.63, 3.8) is 0 Å². The van der Waals surface area contributed by atoms with Gasteiger partial charge in [0.15, 0.2) is 0 Å². The number of benzene rings is 2. The van der Waals surface area contributed by atoms with Crippen LogP contribution in [-0.4, -0.2) is 29.3 Å². The summed E-state index contributed by atoms with van der Waals surface area (Å²) in [6, 6.07) is 14.6. The zero-order chi connectivity index (χ0) is 17.2. The van der Waals surface area contributed by atoms with Crippen molar-refractivity contribution < 1.29 is 18.3 Å². The molecule has 1 heterocycles. The number of anilines is 1. The van der Waals surface area contributed by atoms with E-state index in [0.717, 1.165) is 5.69 Å². The summed E-state index contributed by atoms with van der Waals surface area (Å²) in [5.41, 5.74) is 1.09. The Kier molecular flexibility index (Phi) is 4.05. The Morgan fingerprint density at radius 3 is 2.33 bits per heavy atom. The number of sulfonamides is 1. The summed E-state index contributed by atoms with van der Waals surface area (Å²) >= 11 is 0. The lowest BCUT2D eigenvalue weighted by Crippen LogP contribution is -2.12. The summed E-state index contributed by atoms with van der Waals surface area (Å²) in [5.74, 6) is -1.08. The number of aromatic nitrogens is 2. The maximum atomic E-state index is 12.4. The molecule has 0 atom stereocenters.